The molecule has 6 heteroatoms. The van der Waals surface area contributed by atoms with Crippen LogP contribution < -0.4 is 5.32 Å². The second-order valence-corrected chi connectivity index (χ2v) is 8.02. The predicted molar refractivity (Wildman–Crippen MR) is 108 cm³/mol. The van der Waals surface area contributed by atoms with Gasteiger partial charge in [0.2, 0.25) is 11.8 Å². The van der Waals surface area contributed by atoms with Crippen LogP contribution in [0.25, 0.3) is 0 Å². The van der Waals surface area contributed by atoms with Gasteiger partial charge < -0.3 is 10.2 Å². The molecule has 4 rings (SSSR count). The molecule has 0 radical (unpaired) electrons. The Labute approximate surface area is 165 Å². The normalized spacial score (nSPS) is 17.5. The summed E-state index contributed by atoms with van der Waals surface area (Å²) < 4.78 is 1.92. The number of hydrogen-bond donors (Lipinski definition) is 1. The Morgan fingerprint density at radius 3 is 2.46 bits per heavy atom. The summed E-state index contributed by atoms with van der Waals surface area (Å²) >= 11 is 0. The number of anilines is 1. The summed E-state index contributed by atoms with van der Waals surface area (Å²) in [6.07, 6.45) is 6.79. The van der Waals surface area contributed by atoms with Gasteiger partial charge in [0, 0.05) is 31.5 Å². The number of piperidine rings is 1. The van der Waals surface area contributed by atoms with E-state index in [1.807, 2.05) is 15.6 Å². The van der Waals surface area contributed by atoms with Crippen LogP contribution in [0.3, 0.4) is 0 Å². The molecule has 2 heterocycles. The highest BCUT2D eigenvalue weighted by atomic mass is 16.2. The summed E-state index contributed by atoms with van der Waals surface area (Å²) in [5.74, 6) is 1.28. The van der Waals surface area contributed by atoms with Gasteiger partial charge in [-0.2, -0.15) is 5.10 Å². The number of nitrogens with one attached hydrogen (secondary N) is 1. The quantitative estimate of drug-likeness (QED) is 0.836. The lowest BCUT2D eigenvalue weighted by molar-refractivity contribution is -0.132. The van der Waals surface area contributed by atoms with E-state index in [9.17, 15) is 9.59 Å². The first-order valence-corrected chi connectivity index (χ1v) is 10.3. The molecule has 1 aromatic heterocycles. The maximum atomic E-state index is 12.6. The first kappa shape index (κ1) is 18.7. The number of aryl methyl sites for hydroxylation is 2. The van der Waals surface area contributed by atoms with Crippen LogP contribution in [0.15, 0.2) is 36.5 Å². The summed E-state index contributed by atoms with van der Waals surface area (Å²) in [5, 5.41) is 7.43. The maximum Gasteiger partial charge on any atom is 0.228 e. The van der Waals surface area contributed by atoms with E-state index >= 15 is 0 Å². The second-order valence-electron chi connectivity index (χ2n) is 8.02. The molecule has 0 atom stereocenters. The smallest absolute Gasteiger partial charge is 0.228 e. The fraction of sp³-hybridized carbons (Fsp3) is 0.500. The van der Waals surface area contributed by atoms with Crippen molar-refractivity contribution in [3.05, 3.63) is 47.7 Å². The Morgan fingerprint density at radius 1 is 1.07 bits per heavy atom. The molecule has 1 aromatic carbocycles. The van der Waals surface area contributed by atoms with Crippen molar-refractivity contribution >= 4 is 17.6 Å². The van der Waals surface area contributed by atoms with Crippen molar-refractivity contribution in [1.29, 1.82) is 0 Å². The maximum absolute atomic E-state index is 12.6. The van der Waals surface area contributed by atoms with Crippen molar-refractivity contribution in [2.24, 2.45) is 5.92 Å². The Kier molecular flexibility index (Phi) is 5.46. The number of hydrogen-bond acceptors (Lipinski definition) is 3. The van der Waals surface area contributed by atoms with E-state index < -0.39 is 0 Å². The Morgan fingerprint density at radius 2 is 1.79 bits per heavy atom. The van der Waals surface area contributed by atoms with Crippen molar-refractivity contribution in [3.8, 4) is 0 Å². The standard InChI is InChI=1S/C22H28N4O2/c1-16-2-4-17(5-3-16)6-9-21(27)25-14-11-19(12-15-25)26-20(10-13-23-26)24-22(28)18-7-8-18/h2-5,10,13,18-19H,6-9,11-12,14-15H2,1H3,(H,24,28). The van der Waals surface area contributed by atoms with Gasteiger partial charge in [-0.3, -0.25) is 9.59 Å². The molecular weight excluding hydrogens is 352 g/mol. The number of aromatic nitrogens is 2. The molecule has 2 aromatic rings. The third-order valence-electron chi connectivity index (χ3n) is 5.78. The van der Waals surface area contributed by atoms with E-state index in [1.54, 1.807) is 6.20 Å². The Balaban J connectivity index is 1.27. The van der Waals surface area contributed by atoms with Crippen molar-refractivity contribution in [1.82, 2.24) is 14.7 Å². The van der Waals surface area contributed by atoms with Crippen molar-refractivity contribution in [3.63, 3.8) is 0 Å². The first-order chi connectivity index (χ1) is 13.6. The molecule has 1 saturated heterocycles. The van der Waals surface area contributed by atoms with E-state index in [1.165, 1.54) is 11.1 Å². The summed E-state index contributed by atoms with van der Waals surface area (Å²) in [6.45, 7) is 3.56. The van der Waals surface area contributed by atoms with Gasteiger partial charge in [0.25, 0.3) is 0 Å². The first-order valence-electron chi connectivity index (χ1n) is 10.3. The van der Waals surface area contributed by atoms with Crippen molar-refractivity contribution < 1.29 is 9.59 Å². The zero-order valence-electron chi connectivity index (χ0n) is 16.4. The molecule has 6 nitrogen and oxygen atoms in total. The minimum atomic E-state index is 0.102. The molecule has 0 spiro atoms. The minimum absolute atomic E-state index is 0.102. The average molecular weight is 380 g/mol. The highest BCUT2D eigenvalue weighted by Crippen LogP contribution is 2.31. The van der Waals surface area contributed by atoms with Gasteiger partial charge in [-0.1, -0.05) is 29.8 Å². The molecule has 28 heavy (non-hydrogen) atoms. The lowest BCUT2D eigenvalue weighted by atomic mass is 10.0. The van der Waals surface area contributed by atoms with Gasteiger partial charge in [-0.15, -0.1) is 0 Å². The van der Waals surface area contributed by atoms with Crippen LogP contribution in [0.4, 0.5) is 5.82 Å². The number of rotatable bonds is 6. The molecule has 1 saturated carbocycles. The van der Waals surface area contributed by atoms with Crippen LogP contribution in [0.1, 0.15) is 49.3 Å². The summed E-state index contributed by atoms with van der Waals surface area (Å²) in [7, 11) is 0. The second kappa shape index (κ2) is 8.17. The van der Waals surface area contributed by atoms with Crippen molar-refractivity contribution in [2.75, 3.05) is 18.4 Å². The molecule has 148 valence electrons. The monoisotopic (exact) mass is 380 g/mol. The van der Waals surface area contributed by atoms with E-state index in [2.05, 4.69) is 41.6 Å². The zero-order chi connectivity index (χ0) is 19.5. The third kappa shape index (κ3) is 4.43. The van der Waals surface area contributed by atoms with Crippen LogP contribution in [0.5, 0.6) is 0 Å². The highest BCUT2D eigenvalue weighted by Gasteiger charge is 2.31. The molecular formula is C22H28N4O2. The fourth-order valence-electron chi connectivity index (χ4n) is 3.80. The zero-order valence-corrected chi connectivity index (χ0v) is 16.4. The molecule has 2 amide bonds. The number of carbonyl (C=O) groups is 2. The van der Waals surface area contributed by atoms with E-state index in [4.69, 9.17) is 0 Å². The number of likely N-dealkylation sites (tertiary alicyclic amines) is 1. The lowest BCUT2D eigenvalue weighted by Crippen LogP contribution is -2.39. The van der Waals surface area contributed by atoms with Crippen LogP contribution >= 0.6 is 0 Å². The summed E-state index contributed by atoms with van der Waals surface area (Å²) in [5.41, 5.74) is 2.45. The predicted octanol–water partition coefficient (Wildman–Crippen LogP) is 3.34. The van der Waals surface area contributed by atoms with E-state index in [-0.39, 0.29) is 23.8 Å². The van der Waals surface area contributed by atoms with Gasteiger partial charge in [0.05, 0.1) is 12.2 Å². The van der Waals surface area contributed by atoms with Crippen LogP contribution in [0, 0.1) is 12.8 Å². The summed E-state index contributed by atoms with van der Waals surface area (Å²) in [4.78, 5) is 26.6. The van der Waals surface area contributed by atoms with Gasteiger partial charge >= 0.3 is 0 Å². The van der Waals surface area contributed by atoms with E-state index in [0.717, 1.165) is 51.0 Å². The Bertz CT molecular complexity index is 830. The molecule has 1 aliphatic heterocycles. The number of benzene rings is 1. The SMILES string of the molecule is Cc1ccc(CCC(=O)N2CCC(n3nccc3NC(=O)C3CC3)CC2)cc1. The van der Waals surface area contributed by atoms with Gasteiger partial charge in [0.1, 0.15) is 5.82 Å². The highest BCUT2D eigenvalue weighted by molar-refractivity contribution is 5.93. The fourth-order valence-corrected chi connectivity index (χ4v) is 3.80. The summed E-state index contributed by atoms with van der Waals surface area (Å²) in [6, 6.07) is 10.5. The molecule has 1 N–H and O–H groups in total. The number of amides is 2. The largest absolute Gasteiger partial charge is 0.343 e. The van der Waals surface area contributed by atoms with Crippen molar-refractivity contribution in [2.45, 2.75) is 51.5 Å². The molecule has 1 aliphatic carbocycles. The van der Waals surface area contributed by atoms with Crippen LogP contribution in [-0.4, -0.2) is 39.6 Å². The average Bonchev–Trinajstić information content (AvgIpc) is 3.47. The topological polar surface area (TPSA) is 67.2 Å². The third-order valence-corrected chi connectivity index (χ3v) is 5.78. The van der Waals surface area contributed by atoms with Gasteiger partial charge in [0.15, 0.2) is 0 Å². The lowest BCUT2D eigenvalue weighted by Gasteiger charge is -2.33. The molecule has 2 aliphatic rings. The Hall–Kier alpha value is -2.63. The molecule has 0 bridgehead atoms. The number of carbonyl (C=O) groups excluding carboxylic acids is 2. The van der Waals surface area contributed by atoms with E-state index in [0.29, 0.717) is 6.42 Å². The minimum Gasteiger partial charge on any atom is -0.343 e. The van der Waals surface area contributed by atoms with Crippen LogP contribution in [-0.2, 0) is 16.0 Å². The van der Waals surface area contributed by atoms with Gasteiger partial charge in [-0.25, -0.2) is 4.68 Å². The number of nitrogens with zero attached hydrogens (tertiary/aromatic N) is 3. The van der Waals surface area contributed by atoms with Gasteiger partial charge in [-0.05, 0) is 44.6 Å². The molecule has 0 unspecified atom stereocenters. The molecule has 2 fully saturated rings. The van der Waals surface area contributed by atoms with Crippen LogP contribution in [0.2, 0.25) is 0 Å².